The molecule has 2 nitrogen and oxygen atoms in total. The van der Waals surface area contributed by atoms with E-state index in [9.17, 15) is 4.39 Å². The van der Waals surface area contributed by atoms with Gasteiger partial charge in [-0.2, -0.15) is 0 Å². The maximum absolute atomic E-state index is 13.7. The fourth-order valence-corrected chi connectivity index (χ4v) is 2.62. The number of rotatable bonds is 7. The molecule has 0 aliphatic rings. The molecule has 0 amide bonds. The second kappa shape index (κ2) is 8.34. The highest BCUT2D eigenvalue weighted by atomic mass is 19.1. The number of aryl methyl sites for hydroxylation is 1. The maximum atomic E-state index is 13.7. The van der Waals surface area contributed by atoms with Crippen LogP contribution in [0.25, 0.3) is 0 Å². The van der Waals surface area contributed by atoms with E-state index in [0.29, 0.717) is 12.1 Å². The quantitative estimate of drug-likeness (QED) is 0.608. The Morgan fingerprint density at radius 2 is 1.52 bits per heavy atom. The van der Waals surface area contributed by atoms with E-state index in [1.165, 1.54) is 11.6 Å². The fourth-order valence-electron chi connectivity index (χ4n) is 2.62. The number of halogens is 1. The standard InChI is InChI=1S/C22H22FNO/c1-2-17-11-13-20(14-12-17)24-15-18-7-4-6-10-22(18)25-16-19-8-3-5-9-21(19)23/h3-14,24H,2,15-16H2,1H3. The van der Waals surface area contributed by atoms with Crippen molar-refractivity contribution in [3.63, 3.8) is 0 Å². The summed E-state index contributed by atoms with van der Waals surface area (Å²) in [7, 11) is 0. The third-order valence-corrected chi connectivity index (χ3v) is 4.16. The van der Waals surface area contributed by atoms with Crippen LogP contribution in [0.4, 0.5) is 10.1 Å². The first-order chi connectivity index (χ1) is 12.3. The molecule has 0 aromatic heterocycles. The smallest absolute Gasteiger partial charge is 0.129 e. The van der Waals surface area contributed by atoms with Gasteiger partial charge in [0.1, 0.15) is 18.2 Å². The Kier molecular flexibility index (Phi) is 5.68. The topological polar surface area (TPSA) is 21.3 Å². The highest BCUT2D eigenvalue weighted by Crippen LogP contribution is 2.21. The molecular weight excluding hydrogens is 313 g/mol. The van der Waals surface area contributed by atoms with Crippen LogP contribution in [0.3, 0.4) is 0 Å². The van der Waals surface area contributed by atoms with E-state index in [0.717, 1.165) is 23.4 Å². The highest BCUT2D eigenvalue weighted by Gasteiger charge is 2.06. The minimum atomic E-state index is -0.242. The van der Waals surface area contributed by atoms with Gasteiger partial charge in [-0.3, -0.25) is 0 Å². The molecule has 128 valence electrons. The van der Waals surface area contributed by atoms with Crippen LogP contribution >= 0.6 is 0 Å². The molecule has 0 atom stereocenters. The summed E-state index contributed by atoms with van der Waals surface area (Å²) in [6.45, 7) is 3.01. The molecule has 0 bridgehead atoms. The zero-order chi connectivity index (χ0) is 17.5. The summed E-state index contributed by atoms with van der Waals surface area (Å²) >= 11 is 0. The Balaban J connectivity index is 1.65. The summed E-state index contributed by atoms with van der Waals surface area (Å²) in [5.41, 5.74) is 3.99. The van der Waals surface area contributed by atoms with E-state index in [1.54, 1.807) is 12.1 Å². The van der Waals surface area contributed by atoms with Crippen LogP contribution in [0, 0.1) is 5.82 Å². The van der Waals surface area contributed by atoms with Crippen LogP contribution in [-0.4, -0.2) is 0 Å². The fraction of sp³-hybridized carbons (Fsp3) is 0.182. The first-order valence-electron chi connectivity index (χ1n) is 8.53. The van der Waals surface area contributed by atoms with Crippen molar-refractivity contribution in [1.29, 1.82) is 0 Å². The summed E-state index contributed by atoms with van der Waals surface area (Å²) < 4.78 is 19.6. The maximum Gasteiger partial charge on any atom is 0.129 e. The first kappa shape index (κ1) is 17.0. The lowest BCUT2D eigenvalue weighted by atomic mass is 10.1. The summed E-state index contributed by atoms with van der Waals surface area (Å²) in [5, 5.41) is 3.41. The largest absolute Gasteiger partial charge is 0.488 e. The highest BCUT2D eigenvalue weighted by molar-refractivity contribution is 5.46. The molecule has 3 heteroatoms. The van der Waals surface area contributed by atoms with Crippen LogP contribution in [0.2, 0.25) is 0 Å². The molecule has 3 aromatic rings. The van der Waals surface area contributed by atoms with Crippen LogP contribution in [0.5, 0.6) is 5.75 Å². The molecule has 0 heterocycles. The van der Waals surface area contributed by atoms with Crippen LogP contribution in [0.1, 0.15) is 23.6 Å². The Labute approximate surface area is 148 Å². The Morgan fingerprint density at radius 1 is 0.840 bits per heavy atom. The minimum Gasteiger partial charge on any atom is -0.488 e. The minimum absolute atomic E-state index is 0.217. The molecule has 3 aromatic carbocycles. The first-order valence-corrected chi connectivity index (χ1v) is 8.53. The van der Waals surface area contributed by atoms with Crippen molar-refractivity contribution in [3.05, 3.63) is 95.3 Å². The average Bonchev–Trinajstić information content (AvgIpc) is 2.67. The summed E-state index contributed by atoms with van der Waals surface area (Å²) in [6, 6.07) is 23.0. The summed E-state index contributed by atoms with van der Waals surface area (Å²) in [5.74, 6) is 0.526. The van der Waals surface area contributed by atoms with Gasteiger partial charge in [0.15, 0.2) is 0 Å². The average molecular weight is 335 g/mol. The second-order valence-electron chi connectivity index (χ2n) is 5.89. The van der Waals surface area contributed by atoms with E-state index in [-0.39, 0.29) is 12.4 Å². The van der Waals surface area contributed by atoms with E-state index < -0.39 is 0 Å². The van der Waals surface area contributed by atoms with Crippen molar-refractivity contribution >= 4 is 5.69 Å². The number of para-hydroxylation sites is 1. The summed E-state index contributed by atoms with van der Waals surface area (Å²) in [4.78, 5) is 0. The molecule has 3 rings (SSSR count). The number of ether oxygens (including phenoxy) is 1. The van der Waals surface area contributed by atoms with E-state index in [2.05, 4.69) is 36.5 Å². The molecule has 0 aliphatic heterocycles. The van der Waals surface area contributed by atoms with Crippen LogP contribution in [-0.2, 0) is 19.6 Å². The van der Waals surface area contributed by atoms with Gasteiger partial charge in [0.05, 0.1) is 0 Å². The second-order valence-corrected chi connectivity index (χ2v) is 5.89. The molecule has 0 saturated heterocycles. The van der Waals surface area contributed by atoms with E-state index in [1.807, 2.05) is 30.3 Å². The van der Waals surface area contributed by atoms with E-state index >= 15 is 0 Å². The predicted octanol–water partition coefficient (Wildman–Crippen LogP) is 5.58. The van der Waals surface area contributed by atoms with Crippen LogP contribution < -0.4 is 10.1 Å². The van der Waals surface area contributed by atoms with Gasteiger partial charge < -0.3 is 10.1 Å². The normalized spacial score (nSPS) is 10.5. The molecule has 1 N–H and O–H groups in total. The van der Waals surface area contributed by atoms with Gasteiger partial charge >= 0.3 is 0 Å². The molecule has 25 heavy (non-hydrogen) atoms. The molecule has 0 aliphatic carbocycles. The van der Waals surface area contributed by atoms with Gasteiger partial charge in [-0.05, 0) is 36.2 Å². The molecule has 0 radical (unpaired) electrons. The monoisotopic (exact) mass is 335 g/mol. The lowest BCUT2D eigenvalue weighted by Crippen LogP contribution is -2.04. The third kappa shape index (κ3) is 4.60. The number of nitrogens with one attached hydrogen (secondary N) is 1. The Hall–Kier alpha value is -2.81. The van der Waals surface area contributed by atoms with Gasteiger partial charge in [0.25, 0.3) is 0 Å². The Bertz CT molecular complexity index is 814. The summed E-state index contributed by atoms with van der Waals surface area (Å²) in [6.07, 6.45) is 1.03. The van der Waals surface area contributed by atoms with Crippen LogP contribution in [0.15, 0.2) is 72.8 Å². The van der Waals surface area contributed by atoms with Crippen molar-refractivity contribution in [2.45, 2.75) is 26.5 Å². The Morgan fingerprint density at radius 3 is 2.24 bits per heavy atom. The zero-order valence-electron chi connectivity index (χ0n) is 14.3. The van der Waals surface area contributed by atoms with Gasteiger partial charge in [-0.25, -0.2) is 4.39 Å². The van der Waals surface area contributed by atoms with Gasteiger partial charge in [-0.1, -0.05) is 55.5 Å². The van der Waals surface area contributed by atoms with Crippen molar-refractivity contribution in [2.24, 2.45) is 0 Å². The van der Waals surface area contributed by atoms with Crippen molar-refractivity contribution in [3.8, 4) is 5.75 Å². The SMILES string of the molecule is CCc1ccc(NCc2ccccc2OCc2ccccc2F)cc1. The van der Waals surface area contributed by atoms with Gasteiger partial charge in [-0.15, -0.1) is 0 Å². The number of hydrogen-bond acceptors (Lipinski definition) is 2. The van der Waals surface area contributed by atoms with Crippen molar-refractivity contribution < 1.29 is 9.13 Å². The molecular formula is C22H22FNO. The molecule has 0 fully saturated rings. The van der Waals surface area contributed by atoms with Crippen molar-refractivity contribution in [2.75, 3.05) is 5.32 Å². The third-order valence-electron chi connectivity index (χ3n) is 4.16. The van der Waals surface area contributed by atoms with E-state index in [4.69, 9.17) is 4.74 Å². The number of hydrogen-bond donors (Lipinski definition) is 1. The lowest BCUT2D eigenvalue weighted by molar-refractivity contribution is 0.297. The predicted molar refractivity (Wildman–Crippen MR) is 100 cm³/mol. The molecule has 0 saturated carbocycles. The molecule has 0 spiro atoms. The van der Waals surface area contributed by atoms with Gasteiger partial charge in [0, 0.05) is 23.4 Å². The lowest BCUT2D eigenvalue weighted by Gasteiger charge is -2.13. The zero-order valence-corrected chi connectivity index (χ0v) is 14.3. The number of anilines is 1. The number of benzene rings is 3. The van der Waals surface area contributed by atoms with Gasteiger partial charge in [0.2, 0.25) is 0 Å². The molecule has 0 unspecified atom stereocenters. The van der Waals surface area contributed by atoms with Crippen molar-refractivity contribution in [1.82, 2.24) is 0 Å².